The molecule has 0 aliphatic carbocycles. The van der Waals surface area contributed by atoms with Gasteiger partial charge in [-0.1, -0.05) is 0 Å². The van der Waals surface area contributed by atoms with Crippen LogP contribution in [-0.2, 0) is 4.74 Å². The molecule has 0 unspecified atom stereocenters. The Morgan fingerprint density at radius 3 is 2.19 bits per heavy atom. The molecule has 1 aliphatic rings. The van der Waals surface area contributed by atoms with E-state index < -0.39 is 11.7 Å². The van der Waals surface area contributed by atoms with Crippen molar-refractivity contribution in [3.05, 3.63) is 0 Å². The monoisotopic (exact) mass is 228 g/mol. The predicted octanol–water partition coefficient (Wildman–Crippen LogP) is 2.12. The Morgan fingerprint density at radius 2 is 1.69 bits per heavy atom. The number of carbonyl (C=O) groups is 2. The molecule has 1 aliphatic heterocycles. The van der Waals surface area contributed by atoms with Crippen LogP contribution in [0.2, 0.25) is 0 Å². The molecule has 3 amide bonds. The number of nitrogens with one attached hydrogen (secondary N) is 1. The Labute approximate surface area is 96.1 Å². The van der Waals surface area contributed by atoms with E-state index in [0.717, 1.165) is 19.3 Å². The highest BCUT2D eigenvalue weighted by Crippen LogP contribution is 2.09. The standard InChI is InChI=1S/C11H20N2O3/c1-11(2,3)16-10(15)12-9(14)13-7-5-4-6-8-13/h4-8H2,1-3H3,(H,12,14,15). The summed E-state index contributed by atoms with van der Waals surface area (Å²) in [5.74, 6) is 0. The molecule has 1 heterocycles. The average Bonchev–Trinajstić information content (AvgIpc) is 2.16. The first-order valence-corrected chi connectivity index (χ1v) is 5.67. The lowest BCUT2D eigenvalue weighted by Gasteiger charge is -2.27. The number of hydrogen-bond acceptors (Lipinski definition) is 3. The van der Waals surface area contributed by atoms with Crippen molar-refractivity contribution in [1.29, 1.82) is 0 Å². The minimum atomic E-state index is -0.678. The fourth-order valence-electron chi connectivity index (χ4n) is 1.57. The first kappa shape index (κ1) is 12.8. The Kier molecular flexibility index (Phi) is 4.15. The van der Waals surface area contributed by atoms with E-state index in [-0.39, 0.29) is 6.03 Å². The van der Waals surface area contributed by atoms with E-state index in [2.05, 4.69) is 5.32 Å². The maximum Gasteiger partial charge on any atom is 0.415 e. The average molecular weight is 228 g/mol. The Balaban J connectivity index is 2.35. The van der Waals surface area contributed by atoms with Crippen LogP contribution in [-0.4, -0.2) is 35.7 Å². The van der Waals surface area contributed by atoms with Gasteiger partial charge in [0.2, 0.25) is 0 Å². The molecule has 5 nitrogen and oxygen atoms in total. The third-order valence-electron chi connectivity index (χ3n) is 2.25. The number of nitrogens with zero attached hydrogens (tertiary/aromatic N) is 1. The van der Waals surface area contributed by atoms with E-state index in [0.29, 0.717) is 13.1 Å². The maximum atomic E-state index is 11.6. The molecule has 0 atom stereocenters. The number of amides is 3. The molecule has 92 valence electrons. The van der Waals surface area contributed by atoms with Crippen molar-refractivity contribution in [1.82, 2.24) is 10.2 Å². The van der Waals surface area contributed by atoms with Crippen LogP contribution < -0.4 is 5.32 Å². The molecule has 16 heavy (non-hydrogen) atoms. The molecule has 1 saturated heterocycles. The zero-order valence-electron chi connectivity index (χ0n) is 10.2. The summed E-state index contributed by atoms with van der Waals surface area (Å²) in [6.07, 6.45) is 2.47. The molecule has 0 spiro atoms. The van der Waals surface area contributed by atoms with Crippen molar-refractivity contribution in [3.63, 3.8) is 0 Å². The molecule has 1 fully saturated rings. The molecular formula is C11H20N2O3. The third-order valence-corrected chi connectivity index (χ3v) is 2.25. The first-order chi connectivity index (χ1) is 7.38. The predicted molar refractivity (Wildman–Crippen MR) is 60.2 cm³/mol. The van der Waals surface area contributed by atoms with Crippen molar-refractivity contribution in [2.45, 2.75) is 45.6 Å². The smallest absolute Gasteiger partial charge is 0.415 e. The number of urea groups is 1. The summed E-state index contributed by atoms with van der Waals surface area (Å²) in [6, 6.07) is -0.353. The number of likely N-dealkylation sites (tertiary alicyclic amines) is 1. The second-order valence-electron chi connectivity index (χ2n) is 4.98. The summed E-state index contributed by atoms with van der Waals surface area (Å²) in [5.41, 5.74) is -0.577. The van der Waals surface area contributed by atoms with Crippen LogP contribution >= 0.6 is 0 Å². The van der Waals surface area contributed by atoms with Gasteiger partial charge in [0.15, 0.2) is 0 Å². The fourth-order valence-corrected chi connectivity index (χ4v) is 1.57. The Hall–Kier alpha value is -1.26. The van der Waals surface area contributed by atoms with Crippen LogP contribution in [0.25, 0.3) is 0 Å². The lowest BCUT2D eigenvalue weighted by Crippen LogP contribution is -2.46. The number of carbonyl (C=O) groups excluding carboxylic acids is 2. The van der Waals surface area contributed by atoms with E-state index >= 15 is 0 Å². The minimum Gasteiger partial charge on any atom is -0.443 e. The van der Waals surface area contributed by atoms with E-state index in [4.69, 9.17) is 4.74 Å². The van der Waals surface area contributed by atoms with Gasteiger partial charge < -0.3 is 9.64 Å². The Morgan fingerprint density at radius 1 is 1.12 bits per heavy atom. The van der Waals surface area contributed by atoms with Gasteiger partial charge in [0.25, 0.3) is 0 Å². The van der Waals surface area contributed by atoms with E-state index in [9.17, 15) is 9.59 Å². The molecular weight excluding hydrogens is 208 g/mol. The molecule has 1 N–H and O–H groups in total. The second-order valence-corrected chi connectivity index (χ2v) is 4.98. The number of hydrogen-bond donors (Lipinski definition) is 1. The molecule has 0 aromatic rings. The third kappa shape index (κ3) is 4.51. The summed E-state index contributed by atoms with van der Waals surface area (Å²) < 4.78 is 5.00. The van der Waals surface area contributed by atoms with Gasteiger partial charge >= 0.3 is 12.1 Å². The van der Waals surface area contributed by atoms with Gasteiger partial charge in [0, 0.05) is 13.1 Å². The Bertz CT molecular complexity index is 265. The summed E-state index contributed by atoms with van der Waals surface area (Å²) in [7, 11) is 0. The van der Waals surface area contributed by atoms with E-state index in [1.54, 1.807) is 25.7 Å². The van der Waals surface area contributed by atoms with E-state index in [1.807, 2.05) is 0 Å². The van der Waals surface area contributed by atoms with Crippen LogP contribution in [0.4, 0.5) is 9.59 Å². The topological polar surface area (TPSA) is 58.6 Å². The molecule has 1 rings (SSSR count). The minimum absolute atomic E-state index is 0.353. The molecule has 0 radical (unpaired) electrons. The largest absolute Gasteiger partial charge is 0.443 e. The van der Waals surface area contributed by atoms with Crippen LogP contribution in [0.3, 0.4) is 0 Å². The van der Waals surface area contributed by atoms with Gasteiger partial charge in [-0.3, -0.25) is 0 Å². The van der Waals surface area contributed by atoms with Crippen LogP contribution in [0, 0.1) is 0 Å². The molecule has 5 heteroatoms. The fraction of sp³-hybridized carbons (Fsp3) is 0.818. The number of rotatable bonds is 0. The first-order valence-electron chi connectivity index (χ1n) is 5.67. The van der Waals surface area contributed by atoms with Gasteiger partial charge in [-0.25, -0.2) is 14.9 Å². The van der Waals surface area contributed by atoms with Crippen molar-refractivity contribution in [2.75, 3.05) is 13.1 Å². The molecule has 0 aromatic heterocycles. The van der Waals surface area contributed by atoms with Crippen LogP contribution in [0.5, 0.6) is 0 Å². The van der Waals surface area contributed by atoms with Gasteiger partial charge in [-0.05, 0) is 40.0 Å². The lowest BCUT2D eigenvalue weighted by molar-refractivity contribution is 0.0532. The maximum absolute atomic E-state index is 11.6. The zero-order chi connectivity index (χ0) is 12.2. The zero-order valence-corrected chi connectivity index (χ0v) is 10.2. The second kappa shape index (κ2) is 5.18. The van der Waals surface area contributed by atoms with Gasteiger partial charge in [0.05, 0.1) is 0 Å². The van der Waals surface area contributed by atoms with Gasteiger partial charge in [-0.15, -0.1) is 0 Å². The quantitative estimate of drug-likeness (QED) is 0.691. The number of alkyl carbamates (subject to hydrolysis) is 1. The number of imide groups is 1. The summed E-state index contributed by atoms with van der Waals surface area (Å²) in [5, 5.41) is 2.23. The number of piperidine rings is 1. The highest BCUT2D eigenvalue weighted by Gasteiger charge is 2.22. The van der Waals surface area contributed by atoms with Crippen molar-refractivity contribution < 1.29 is 14.3 Å². The summed E-state index contributed by atoms with van der Waals surface area (Å²) in [4.78, 5) is 24.6. The lowest BCUT2D eigenvalue weighted by atomic mass is 10.1. The molecule has 0 saturated carbocycles. The summed E-state index contributed by atoms with van der Waals surface area (Å²) >= 11 is 0. The SMILES string of the molecule is CC(C)(C)OC(=O)NC(=O)N1CCCCC1. The number of ether oxygens (including phenoxy) is 1. The van der Waals surface area contributed by atoms with Gasteiger partial charge in [0.1, 0.15) is 5.60 Å². The van der Waals surface area contributed by atoms with Crippen molar-refractivity contribution in [2.24, 2.45) is 0 Å². The summed E-state index contributed by atoms with van der Waals surface area (Å²) in [6.45, 7) is 6.72. The van der Waals surface area contributed by atoms with E-state index in [1.165, 1.54) is 0 Å². The van der Waals surface area contributed by atoms with Crippen LogP contribution in [0.1, 0.15) is 40.0 Å². The highest BCUT2D eigenvalue weighted by atomic mass is 16.6. The normalized spacial score (nSPS) is 16.8. The van der Waals surface area contributed by atoms with Crippen molar-refractivity contribution >= 4 is 12.1 Å². The highest BCUT2D eigenvalue weighted by molar-refractivity contribution is 5.90. The molecule has 0 bridgehead atoms. The van der Waals surface area contributed by atoms with Crippen molar-refractivity contribution in [3.8, 4) is 0 Å². The van der Waals surface area contributed by atoms with Gasteiger partial charge in [-0.2, -0.15) is 0 Å². The molecule has 0 aromatic carbocycles. The van der Waals surface area contributed by atoms with Crippen LogP contribution in [0.15, 0.2) is 0 Å².